The van der Waals surface area contributed by atoms with Gasteiger partial charge in [0.2, 0.25) is 10.0 Å². The third-order valence-corrected chi connectivity index (χ3v) is 8.34. The standard InChI is InChI=1S/C26H30FN3O3S/c1-19-6-4-5-7-22(19)18-34(32,33)29-14-12-28(13-15-29)17-26(31)25-16-20(2)30(21(25)3)24-10-8-23(27)9-11-24/h4-11,16H,12-15,17-18H2,1-3H3. The molecule has 2 heterocycles. The molecule has 6 nitrogen and oxygen atoms in total. The van der Waals surface area contributed by atoms with Crippen LogP contribution in [0.15, 0.2) is 54.6 Å². The van der Waals surface area contributed by atoms with Crippen LogP contribution in [0.3, 0.4) is 0 Å². The Morgan fingerprint density at radius 3 is 2.24 bits per heavy atom. The number of rotatable bonds is 7. The molecule has 0 N–H and O–H groups in total. The fraction of sp³-hybridized carbons (Fsp3) is 0.346. The van der Waals surface area contributed by atoms with E-state index in [0.29, 0.717) is 31.7 Å². The first-order valence-corrected chi connectivity index (χ1v) is 13.0. The highest BCUT2D eigenvalue weighted by atomic mass is 32.2. The van der Waals surface area contributed by atoms with E-state index < -0.39 is 10.0 Å². The number of ketones is 1. The Bertz CT molecular complexity index is 1290. The van der Waals surface area contributed by atoms with E-state index in [1.807, 2.05) is 60.6 Å². The van der Waals surface area contributed by atoms with Crippen LogP contribution in [0, 0.1) is 26.6 Å². The molecule has 3 aromatic rings. The molecule has 1 fully saturated rings. The van der Waals surface area contributed by atoms with E-state index >= 15 is 0 Å². The number of carbonyl (C=O) groups is 1. The zero-order valence-electron chi connectivity index (χ0n) is 19.8. The molecule has 0 spiro atoms. The van der Waals surface area contributed by atoms with Crippen molar-refractivity contribution in [3.05, 3.63) is 88.5 Å². The average Bonchev–Trinajstić information content (AvgIpc) is 3.10. The van der Waals surface area contributed by atoms with Gasteiger partial charge in [0.25, 0.3) is 0 Å². The first kappa shape index (κ1) is 24.3. The number of carbonyl (C=O) groups excluding carboxylic acids is 1. The van der Waals surface area contributed by atoms with Gasteiger partial charge in [-0.1, -0.05) is 24.3 Å². The van der Waals surface area contributed by atoms with E-state index in [0.717, 1.165) is 28.2 Å². The highest BCUT2D eigenvalue weighted by Crippen LogP contribution is 2.22. The highest BCUT2D eigenvalue weighted by molar-refractivity contribution is 7.88. The van der Waals surface area contributed by atoms with Crippen LogP contribution in [0.2, 0.25) is 0 Å². The Hall–Kier alpha value is -2.81. The molecule has 0 aliphatic carbocycles. The summed E-state index contributed by atoms with van der Waals surface area (Å²) in [7, 11) is -3.41. The van der Waals surface area contributed by atoms with Gasteiger partial charge in [0.15, 0.2) is 5.78 Å². The van der Waals surface area contributed by atoms with Crippen molar-refractivity contribution in [3.8, 4) is 5.69 Å². The molecule has 8 heteroatoms. The SMILES string of the molecule is Cc1ccccc1CS(=O)(=O)N1CCN(CC(=O)c2cc(C)n(-c3ccc(F)cc3)c2C)CC1. The van der Waals surface area contributed by atoms with E-state index in [1.165, 1.54) is 16.4 Å². The number of aromatic nitrogens is 1. The summed E-state index contributed by atoms with van der Waals surface area (Å²) in [6.07, 6.45) is 0. The number of nitrogens with zero attached hydrogens (tertiary/aromatic N) is 3. The third kappa shape index (κ3) is 5.14. The van der Waals surface area contributed by atoms with Crippen LogP contribution < -0.4 is 0 Å². The number of benzene rings is 2. The summed E-state index contributed by atoms with van der Waals surface area (Å²) in [6.45, 7) is 7.73. The zero-order chi connectivity index (χ0) is 24.5. The Morgan fingerprint density at radius 2 is 1.59 bits per heavy atom. The van der Waals surface area contributed by atoms with Crippen LogP contribution in [0.5, 0.6) is 0 Å². The molecular formula is C26H30FN3O3S. The van der Waals surface area contributed by atoms with Crippen molar-refractivity contribution >= 4 is 15.8 Å². The average molecular weight is 484 g/mol. The normalized spacial score (nSPS) is 15.5. The van der Waals surface area contributed by atoms with Crippen molar-refractivity contribution in [2.45, 2.75) is 26.5 Å². The monoisotopic (exact) mass is 483 g/mol. The number of sulfonamides is 1. The number of Topliss-reactive ketones (excluding diaryl/α,β-unsaturated/α-hetero) is 1. The first-order chi connectivity index (χ1) is 16.2. The lowest BCUT2D eigenvalue weighted by molar-refractivity contribution is 0.0901. The number of halogens is 1. The van der Waals surface area contributed by atoms with Crippen molar-refractivity contribution < 1.29 is 17.6 Å². The van der Waals surface area contributed by atoms with Crippen LogP contribution in [-0.4, -0.2) is 60.7 Å². The molecule has 1 aliphatic rings. The summed E-state index contributed by atoms with van der Waals surface area (Å²) in [5.74, 6) is -0.311. The maximum absolute atomic E-state index is 13.3. The molecule has 0 bridgehead atoms. The highest BCUT2D eigenvalue weighted by Gasteiger charge is 2.29. The van der Waals surface area contributed by atoms with Gasteiger partial charge >= 0.3 is 0 Å². The van der Waals surface area contributed by atoms with Crippen LogP contribution in [0.25, 0.3) is 5.69 Å². The molecule has 1 saturated heterocycles. The van der Waals surface area contributed by atoms with Crippen molar-refractivity contribution in [1.82, 2.24) is 13.8 Å². The van der Waals surface area contributed by atoms with Gasteiger partial charge in [-0.15, -0.1) is 0 Å². The molecule has 180 valence electrons. The maximum atomic E-state index is 13.3. The van der Waals surface area contributed by atoms with E-state index in [4.69, 9.17) is 0 Å². The first-order valence-electron chi connectivity index (χ1n) is 11.4. The van der Waals surface area contributed by atoms with Gasteiger partial charge in [-0.3, -0.25) is 9.69 Å². The second-order valence-electron chi connectivity index (χ2n) is 8.88. The molecule has 1 aliphatic heterocycles. The summed E-state index contributed by atoms with van der Waals surface area (Å²) in [6, 6.07) is 15.6. The molecule has 0 unspecified atom stereocenters. The predicted octanol–water partition coefficient (Wildman–Crippen LogP) is 3.87. The van der Waals surface area contributed by atoms with Gasteiger partial charge in [-0.2, -0.15) is 4.31 Å². The molecule has 0 atom stereocenters. The van der Waals surface area contributed by atoms with Gasteiger partial charge in [0.1, 0.15) is 5.82 Å². The minimum absolute atomic E-state index is 0.00215. The lowest BCUT2D eigenvalue weighted by Crippen LogP contribution is -2.50. The molecule has 4 rings (SSSR count). The minimum atomic E-state index is -3.41. The predicted molar refractivity (Wildman–Crippen MR) is 131 cm³/mol. The van der Waals surface area contributed by atoms with E-state index in [9.17, 15) is 17.6 Å². The van der Waals surface area contributed by atoms with Crippen molar-refractivity contribution in [3.63, 3.8) is 0 Å². The summed E-state index contributed by atoms with van der Waals surface area (Å²) in [5, 5.41) is 0. The number of hydrogen-bond acceptors (Lipinski definition) is 4. The maximum Gasteiger partial charge on any atom is 0.218 e. The van der Waals surface area contributed by atoms with Crippen molar-refractivity contribution in [1.29, 1.82) is 0 Å². The summed E-state index contributed by atoms with van der Waals surface area (Å²) >= 11 is 0. The van der Waals surface area contributed by atoms with E-state index in [1.54, 1.807) is 12.1 Å². The summed E-state index contributed by atoms with van der Waals surface area (Å²) in [5.41, 5.74) is 4.94. The third-order valence-electron chi connectivity index (χ3n) is 6.51. The lowest BCUT2D eigenvalue weighted by Gasteiger charge is -2.33. The van der Waals surface area contributed by atoms with E-state index in [2.05, 4.69) is 0 Å². The topological polar surface area (TPSA) is 62.6 Å². The summed E-state index contributed by atoms with van der Waals surface area (Å²) < 4.78 is 42.6. The summed E-state index contributed by atoms with van der Waals surface area (Å²) in [4.78, 5) is 15.1. The Morgan fingerprint density at radius 1 is 0.941 bits per heavy atom. The number of aryl methyl sites for hydroxylation is 2. The fourth-order valence-electron chi connectivity index (χ4n) is 4.55. The molecule has 0 amide bonds. The molecular weight excluding hydrogens is 453 g/mol. The quantitative estimate of drug-likeness (QED) is 0.479. The molecule has 0 saturated carbocycles. The number of hydrogen-bond donors (Lipinski definition) is 0. The molecule has 34 heavy (non-hydrogen) atoms. The Labute approximate surface area is 200 Å². The van der Waals surface area contributed by atoms with Crippen LogP contribution in [0.1, 0.15) is 32.9 Å². The van der Waals surface area contributed by atoms with E-state index in [-0.39, 0.29) is 23.9 Å². The van der Waals surface area contributed by atoms with Gasteiger partial charge in [-0.25, -0.2) is 12.8 Å². The largest absolute Gasteiger partial charge is 0.318 e. The van der Waals surface area contributed by atoms with Crippen LogP contribution in [-0.2, 0) is 15.8 Å². The molecule has 1 aromatic heterocycles. The second kappa shape index (κ2) is 9.82. The van der Waals surface area contributed by atoms with Crippen LogP contribution >= 0.6 is 0 Å². The molecule has 2 aromatic carbocycles. The minimum Gasteiger partial charge on any atom is -0.318 e. The van der Waals surface area contributed by atoms with Gasteiger partial charge < -0.3 is 4.57 Å². The van der Waals surface area contributed by atoms with Crippen molar-refractivity contribution in [2.75, 3.05) is 32.7 Å². The Kier molecular flexibility index (Phi) is 7.02. The fourth-order valence-corrected chi connectivity index (χ4v) is 6.17. The zero-order valence-corrected chi connectivity index (χ0v) is 20.6. The lowest BCUT2D eigenvalue weighted by atomic mass is 10.1. The Balaban J connectivity index is 1.39. The van der Waals surface area contributed by atoms with Gasteiger partial charge in [-0.05, 0) is 62.2 Å². The molecule has 0 radical (unpaired) electrons. The number of piperazine rings is 1. The van der Waals surface area contributed by atoms with Gasteiger partial charge in [0.05, 0.1) is 12.3 Å². The smallest absolute Gasteiger partial charge is 0.218 e. The van der Waals surface area contributed by atoms with Gasteiger partial charge in [0, 0.05) is 48.8 Å². The van der Waals surface area contributed by atoms with Crippen molar-refractivity contribution in [2.24, 2.45) is 0 Å². The second-order valence-corrected chi connectivity index (χ2v) is 10.8. The van der Waals surface area contributed by atoms with Crippen LogP contribution in [0.4, 0.5) is 4.39 Å².